The molecule has 1 atom stereocenters. The second-order valence-electron chi connectivity index (χ2n) is 2.41. The molecular weight excluding hydrogens is 160 g/mol. The molecule has 0 aromatic rings. The molecule has 0 aliphatic carbocycles. The van der Waals surface area contributed by atoms with Crippen LogP contribution in [0.1, 0.15) is 13.3 Å². The molecule has 70 valence electrons. The Morgan fingerprint density at radius 1 is 1.58 bits per heavy atom. The molecular formula is C9H15F2N. The number of likely N-dealkylation sites (N-methyl/N-ethyl adjacent to an activating group) is 1. The van der Waals surface area contributed by atoms with E-state index in [4.69, 9.17) is 0 Å². The van der Waals surface area contributed by atoms with Crippen molar-refractivity contribution >= 4 is 0 Å². The Hall–Kier alpha value is -0.700. The SMILES string of the molecule is CCC(F)/C(F)=C\C=C\CNC. The van der Waals surface area contributed by atoms with E-state index in [-0.39, 0.29) is 6.42 Å². The summed E-state index contributed by atoms with van der Waals surface area (Å²) in [5.74, 6) is -0.704. The number of alkyl halides is 1. The highest BCUT2D eigenvalue weighted by atomic mass is 19.2. The monoisotopic (exact) mass is 175 g/mol. The Morgan fingerprint density at radius 2 is 2.25 bits per heavy atom. The Labute approximate surface area is 72.2 Å². The molecule has 0 saturated carbocycles. The molecule has 0 rings (SSSR count). The van der Waals surface area contributed by atoms with Crippen LogP contribution >= 0.6 is 0 Å². The van der Waals surface area contributed by atoms with E-state index < -0.39 is 12.0 Å². The van der Waals surface area contributed by atoms with Crippen LogP contribution in [0.3, 0.4) is 0 Å². The van der Waals surface area contributed by atoms with Crippen LogP contribution in [0.2, 0.25) is 0 Å². The third kappa shape index (κ3) is 5.02. The van der Waals surface area contributed by atoms with E-state index in [1.807, 2.05) is 0 Å². The van der Waals surface area contributed by atoms with Crippen molar-refractivity contribution in [3.05, 3.63) is 24.1 Å². The fourth-order valence-corrected chi connectivity index (χ4v) is 0.645. The molecule has 12 heavy (non-hydrogen) atoms. The lowest BCUT2D eigenvalue weighted by Gasteiger charge is -1.98. The van der Waals surface area contributed by atoms with Crippen LogP contribution in [0, 0.1) is 0 Å². The van der Waals surface area contributed by atoms with Crippen LogP contribution < -0.4 is 5.32 Å². The zero-order valence-corrected chi connectivity index (χ0v) is 7.48. The first kappa shape index (κ1) is 11.3. The van der Waals surface area contributed by atoms with Crippen molar-refractivity contribution in [2.45, 2.75) is 19.5 Å². The minimum Gasteiger partial charge on any atom is -0.316 e. The van der Waals surface area contributed by atoms with Gasteiger partial charge in [-0.2, -0.15) is 0 Å². The highest BCUT2D eigenvalue weighted by molar-refractivity contribution is 5.10. The predicted octanol–water partition coefficient (Wildman–Crippen LogP) is 2.36. The topological polar surface area (TPSA) is 12.0 Å². The third-order valence-corrected chi connectivity index (χ3v) is 1.37. The molecule has 0 spiro atoms. The van der Waals surface area contributed by atoms with Gasteiger partial charge in [0.25, 0.3) is 0 Å². The lowest BCUT2D eigenvalue weighted by atomic mass is 10.2. The van der Waals surface area contributed by atoms with Crippen molar-refractivity contribution in [1.82, 2.24) is 5.32 Å². The van der Waals surface area contributed by atoms with Crippen LogP contribution in [0.5, 0.6) is 0 Å². The number of nitrogens with one attached hydrogen (secondary N) is 1. The third-order valence-electron chi connectivity index (χ3n) is 1.37. The summed E-state index contributed by atoms with van der Waals surface area (Å²) < 4.78 is 25.2. The lowest BCUT2D eigenvalue weighted by molar-refractivity contribution is 0.318. The lowest BCUT2D eigenvalue weighted by Crippen LogP contribution is -2.03. The Kier molecular flexibility index (Phi) is 6.57. The Balaban J connectivity index is 3.82. The van der Waals surface area contributed by atoms with Crippen LogP contribution in [0.4, 0.5) is 8.78 Å². The molecule has 1 unspecified atom stereocenters. The van der Waals surface area contributed by atoms with E-state index in [2.05, 4.69) is 5.32 Å². The summed E-state index contributed by atoms with van der Waals surface area (Å²) in [5, 5.41) is 2.85. The average Bonchev–Trinajstić information content (AvgIpc) is 2.10. The molecule has 0 aromatic heterocycles. The molecule has 0 saturated heterocycles. The molecule has 0 bridgehead atoms. The van der Waals surface area contributed by atoms with Crippen LogP contribution in [-0.4, -0.2) is 19.8 Å². The number of allylic oxidation sites excluding steroid dienone is 3. The second-order valence-corrected chi connectivity index (χ2v) is 2.41. The molecule has 0 aliphatic heterocycles. The number of halogens is 2. The standard InChI is InChI=1S/C9H15F2N/c1-3-8(10)9(11)6-4-5-7-12-2/h4-6,8,12H,3,7H2,1-2H3/b5-4+,9-6+. The van der Waals surface area contributed by atoms with Gasteiger partial charge in [-0.1, -0.05) is 19.1 Å². The van der Waals surface area contributed by atoms with Crippen molar-refractivity contribution in [3.8, 4) is 0 Å². The number of hydrogen-bond donors (Lipinski definition) is 1. The van der Waals surface area contributed by atoms with Gasteiger partial charge in [0.05, 0.1) is 0 Å². The van der Waals surface area contributed by atoms with Crippen LogP contribution in [0.15, 0.2) is 24.1 Å². The predicted molar refractivity (Wildman–Crippen MR) is 47.4 cm³/mol. The summed E-state index contributed by atoms with van der Waals surface area (Å²) in [7, 11) is 1.79. The fourth-order valence-electron chi connectivity index (χ4n) is 0.645. The highest BCUT2D eigenvalue weighted by Crippen LogP contribution is 2.11. The van der Waals surface area contributed by atoms with Gasteiger partial charge in [-0.05, 0) is 19.5 Å². The summed E-state index contributed by atoms with van der Waals surface area (Å²) in [6, 6.07) is 0. The fraction of sp³-hybridized carbons (Fsp3) is 0.556. The zero-order valence-electron chi connectivity index (χ0n) is 7.48. The molecule has 1 nitrogen and oxygen atoms in total. The van der Waals surface area contributed by atoms with Crippen LogP contribution in [-0.2, 0) is 0 Å². The number of rotatable bonds is 5. The minimum atomic E-state index is -1.45. The minimum absolute atomic E-state index is 0.183. The maximum Gasteiger partial charge on any atom is 0.151 e. The Morgan fingerprint density at radius 3 is 2.75 bits per heavy atom. The highest BCUT2D eigenvalue weighted by Gasteiger charge is 2.07. The second kappa shape index (κ2) is 6.98. The summed E-state index contributed by atoms with van der Waals surface area (Å²) in [5.41, 5.74) is 0. The van der Waals surface area contributed by atoms with Crippen LogP contribution in [0.25, 0.3) is 0 Å². The molecule has 0 fully saturated rings. The van der Waals surface area contributed by atoms with E-state index in [1.54, 1.807) is 20.0 Å². The molecule has 0 aliphatic rings. The summed E-state index contributed by atoms with van der Waals surface area (Å²) >= 11 is 0. The van der Waals surface area contributed by atoms with Gasteiger partial charge in [-0.25, -0.2) is 8.78 Å². The summed E-state index contributed by atoms with van der Waals surface area (Å²) in [6.07, 6.45) is 3.12. The van der Waals surface area contributed by atoms with E-state index in [0.717, 1.165) is 6.08 Å². The van der Waals surface area contributed by atoms with E-state index in [1.165, 1.54) is 6.08 Å². The van der Waals surface area contributed by atoms with Gasteiger partial charge in [-0.15, -0.1) is 0 Å². The Bertz CT molecular complexity index is 164. The van der Waals surface area contributed by atoms with Gasteiger partial charge in [0.2, 0.25) is 0 Å². The smallest absolute Gasteiger partial charge is 0.151 e. The van der Waals surface area contributed by atoms with Crippen molar-refractivity contribution in [2.24, 2.45) is 0 Å². The van der Waals surface area contributed by atoms with Crippen molar-refractivity contribution < 1.29 is 8.78 Å². The molecule has 0 radical (unpaired) electrons. The maximum absolute atomic E-state index is 12.6. The van der Waals surface area contributed by atoms with Crippen molar-refractivity contribution in [3.63, 3.8) is 0 Å². The largest absolute Gasteiger partial charge is 0.316 e. The van der Waals surface area contributed by atoms with Gasteiger partial charge >= 0.3 is 0 Å². The van der Waals surface area contributed by atoms with E-state index >= 15 is 0 Å². The van der Waals surface area contributed by atoms with Gasteiger partial charge in [-0.3, -0.25) is 0 Å². The molecule has 3 heteroatoms. The van der Waals surface area contributed by atoms with E-state index in [9.17, 15) is 8.78 Å². The summed E-state index contributed by atoms with van der Waals surface area (Å²) in [4.78, 5) is 0. The van der Waals surface area contributed by atoms with Crippen molar-refractivity contribution in [1.29, 1.82) is 0 Å². The molecule has 0 amide bonds. The summed E-state index contributed by atoms with van der Waals surface area (Å²) in [6.45, 7) is 2.27. The number of hydrogen-bond acceptors (Lipinski definition) is 1. The van der Waals surface area contributed by atoms with Gasteiger partial charge in [0.15, 0.2) is 6.17 Å². The zero-order chi connectivity index (χ0) is 9.40. The normalized spacial score (nSPS) is 15.5. The van der Waals surface area contributed by atoms with E-state index in [0.29, 0.717) is 6.54 Å². The van der Waals surface area contributed by atoms with Gasteiger partial charge in [0.1, 0.15) is 5.83 Å². The quantitative estimate of drug-likeness (QED) is 0.632. The maximum atomic E-state index is 12.6. The first-order valence-corrected chi connectivity index (χ1v) is 4.03. The van der Waals surface area contributed by atoms with Crippen molar-refractivity contribution in [2.75, 3.05) is 13.6 Å². The van der Waals surface area contributed by atoms with Gasteiger partial charge in [0, 0.05) is 6.54 Å². The molecule has 1 N–H and O–H groups in total. The first-order valence-electron chi connectivity index (χ1n) is 4.03. The first-order chi connectivity index (χ1) is 5.72. The van der Waals surface area contributed by atoms with Gasteiger partial charge < -0.3 is 5.32 Å². The molecule has 0 aromatic carbocycles. The average molecular weight is 175 g/mol. The molecule has 0 heterocycles.